The number of rotatable bonds is 11. The zero-order chi connectivity index (χ0) is 20.6. The molecule has 2 rings (SSSR count). The molecule has 0 unspecified atom stereocenters. The third-order valence-corrected chi connectivity index (χ3v) is 27.4. The van der Waals surface area contributed by atoms with Crippen LogP contribution in [0.4, 0.5) is 0 Å². The summed E-state index contributed by atoms with van der Waals surface area (Å²) < 4.78 is 1.88. The fraction of sp³-hybridized carbons (Fsp3) is 0.545. The molecule has 0 spiro atoms. The van der Waals surface area contributed by atoms with Crippen molar-refractivity contribution in [2.24, 2.45) is 0 Å². The zero-order valence-corrected chi connectivity index (χ0v) is 22.9. The molecule has 154 valence electrons. The van der Waals surface area contributed by atoms with Crippen LogP contribution < -0.4 is 10.4 Å². The van der Waals surface area contributed by atoms with Crippen molar-refractivity contribution in [3.63, 3.8) is 0 Å². The quantitative estimate of drug-likeness (QED) is 0.233. The first-order valence-corrected chi connectivity index (χ1v) is 18.1. The van der Waals surface area contributed by atoms with Crippen molar-refractivity contribution in [1.29, 1.82) is 0 Å². The molecule has 2 aromatic rings. The predicted octanol–water partition coefficient (Wildman–Crippen LogP) is 6.73. The van der Waals surface area contributed by atoms with Gasteiger partial charge in [0.25, 0.3) is 0 Å². The third-order valence-electron chi connectivity index (χ3n) is 6.18. The molecule has 0 saturated heterocycles. The smallest absolute Gasteiger partial charge is 0.106 e. The van der Waals surface area contributed by atoms with E-state index in [0.717, 1.165) is 9.21 Å². The molecular formula is C22H34Br2N2Si2. The Balaban J connectivity index is 2.82. The summed E-state index contributed by atoms with van der Waals surface area (Å²) in [7, 11) is -3.55. The van der Waals surface area contributed by atoms with E-state index in [1.807, 2.05) is 0 Å². The third kappa shape index (κ3) is 4.87. The number of halogens is 2. The highest BCUT2D eigenvalue weighted by Crippen LogP contribution is 2.37. The number of hydrogen-bond acceptors (Lipinski definition) is 2. The summed E-state index contributed by atoms with van der Waals surface area (Å²) in [6.07, 6.45) is 9.45. The number of aromatic nitrogens is 2. The van der Waals surface area contributed by atoms with Gasteiger partial charge in [0, 0.05) is 12.4 Å². The van der Waals surface area contributed by atoms with Crippen LogP contribution in [0.1, 0.15) is 53.4 Å². The van der Waals surface area contributed by atoms with E-state index in [2.05, 4.69) is 96.2 Å². The molecule has 0 N–H and O–H groups in total. The number of pyridine rings is 2. The summed E-state index contributed by atoms with van der Waals surface area (Å²) in [6.45, 7) is 9.50. The van der Waals surface area contributed by atoms with Gasteiger partial charge in [0.1, 0.15) is 9.21 Å². The van der Waals surface area contributed by atoms with Crippen molar-refractivity contribution in [2.75, 3.05) is 0 Å². The van der Waals surface area contributed by atoms with Gasteiger partial charge in [-0.05, 0) is 54.4 Å². The minimum Gasteiger partial charge on any atom is -0.250 e. The van der Waals surface area contributed by atoms with Gasteiger partial charge in [0.05, 0.1) is 15.2 Å². The number of hydrogen-bond donors (Lipinski definition) is 0. The van der Waals surface area contributed by atoms with Crippen LogP contribution in [0.5, 0.6) is 0 Å². The van der Waals surface area contributed by atoms with Gasteiger partial charge in [-0.25, -0.2) is 9.97 Å². The van der Waals surface area contributed by atoms with E-state index in [4.69, 9.17) is 9.97 Å². The normalized spacial score (nSPS) is 12.4. The fourth-order valence-corrected chi connectivity index (χ4v) is 28.3. The Hall–Kier alpha value is -0.306. The van der Waals surface area contributed by atoms with Crippen LogP contribution in [0.15, 0.2) is 45.9 Å². The lowest BCUT2D eigenvalue weighted by atomic mass is 10.5. The number of nitrogens with zero attached hydrogens (tertiary/aromatic N) is 2. The van der Waals surface area contributed by atoms with E-state index in [1.165, 1.54) is 49.9 Å². The van der Waals surface area contributed by atoms with Crippen molar-refractivity contribution in [1.82, 2.24) is 9.97 Å². The summed E-state index contributed by atoms with van der Waals surface area (Å²) in [5.41, 5.74) is 0. The SMILES string of the molecule is CCC[Si](CCC)(c1ccc(Br)nc1)[Si](CCC)(CCC)c1ccc(Br)nc1. The Labute approximate surface area is 190 Å². The zero-order valence-electron chi connectivity index (χ0n) is 17.8. The molecule has 0 amide bonds. The molecule has 0 saturated carbocycles. The molecule has 2 nitrogen and oxygen atoms in total. The molecule has 0 aromatic carbocycles. The van der Waals surface area contributed by atoms with Crippen molar-refractivity contribution in [2.45, 2.75) is 77.6 Å². The van der Waals surface area contributed by atoms with E-state index in [1.54, 1.807) is 10.4 Å². The summed E-state index contributed by atoms with van der Waals surface area (Å²) in [5.74, 6) is 0. The summed E-state index contributed by atoms with van der Waals surface area (Å²) in [6, 6.07) is 14.6. The Kier molecular flexibility index (Phi) is 9.57. The largest absolute Gasteiger partial charge is 0.250 e. The predicted molar refractivity (Wildman–Crippen MR) is 135 cm³/mol. The first-order valence-electron chi connectivity index (χ1n) is 10.7. The summed E-state index contributed by atoms with van der Waals surface area (Å²) >= 11 is 7.11. The first kappa shape index (κ1) is 24.0. The van der Waals surface area contributed by atoms with Crippen molar-refractivity contribution in [3.8, 4) is 0 Å². The fourth-order valence-electron chi connectivity index (χ4n) is 5.36. The average Bonchev–Trinajstić information content (AvgIpc) is 2.68. The maximum absolute atomic E-state index is 4.70. The lowest BCUT2D eigenvalue weighted by Gasteiger charge is -2.49. The summed E-state index contributed by atoms with van der Waals surface area (Å²) in [5, 5.41) is 3.16. The maximum atomic E-state index is 4.70. The van der Waals surface area contributed by atoms with Crippen LogP contribution in [0.2, 0.25) is 24.2 Å². The van der Waals surface area contributed by atoms with E-state index in [0.29, 0.717) is 0 Å². The minimum absolute atomic E-state index is 0.940. The van der Waals surface area contributed by atoms with E-state index in [9.17, 15) is 0 Å². The highest BCUT2D eigenvalue weighted by atomic mass is 79.9. The molecule has 0 aliphatic heterocycles. The van der Waals surface area contributed by atoms with E-state index < -0.39 is 15.2 Å². The Morgan fingerprint density at radius 3 is 1.14 bits per heavy atom. The van der Waals surface area contributed by atoms with Gasteiger partial charge in [-0.1, -0.05) is 89.7 Å². The van der Waals surface area contributed by atoms with Crippen molar-refractivity contribution in [3.05, 3.63) is 45.9 Å². The van der Waals surface area contributed by atoms with Gasteiger partial charge < -0.3 is 0 Å². The van der Waals surface area contributed by atoms with Gasteiger partial charge in [-0.15, -0.1) is 0 Å². The molecule has 28 heavy (non-hydrogen) atoms. The Morgan fingerprint density at radius 1 is 0.607 bits per heavy atom. The van der Waals surface area contributed by atoms with Crippen LogP contribution in [0.3, 0.4) is 0 Å². The van der Waals surface area contributed by atoms with Gasteiger partial charge >= 0.3 is 0 Å². The molecule has 0 atom stereocenters. The monoisotopic (exact) mass is 540 g/mol. The maximum Gasteiger partial charge on any atom is 0.106 e. The van der Waals surface area contributed by atoms with Gasteiger partial charge in [0.2, 0.25) is 0 Å². The second-order valence-corrected chi connectivity index (χ2v) is 22.8. The molecule has 2 heterocycles. The van der Waals surface area contributed by atoms with E-state index in [-0.39, 0.29) is 0 Å². The molecule has 0 radical (unpaired) electrons. The molecule has 0 aliphatic carbocycles. The lowest BCUT2D eigenvalue weighted by molar-refractivity contribution is 0.967. The van der Waals surface area contributed by atoms with Crippen molar-refractivity contribution < 1.29 is 0 Å². The van der Waals surface area contributed by atoms with Gasteiger partial charge in [-0.3, -0.25) is 0 Å². The molecular weight excluding hydrogens is 508 g/mol. The van der Waals surface area contributed by atoms with Crippen LogP contribution >= 0.6 is 31.9 Å². The second-order valence-electron chi connectivity index (χ2n) is 7.90. The van der Waals surface area contributed by atoms with Crippen LogP contribution in [-0.4, -0.2) is 25.2 Å². The van der Waals surface area contributed by atoms with Crippen LogP contribution in [0.25, 0.3) is 0 Å². The molecule has 2 aromatic heterocycles. The molecule has 0 aliphatic rings. The van der Waals surface area contributed by atoms with Crippen LogP contribution in [0, 0.1) is 0 Å². The lowest BCUT2D eigenvalue weighted by Crippen LogP contribution is -2.75. The highest BCUT2D eigenvalue weighted by molar-refractivity contribution is 9.10. The molecule has 0 fully saturated rings. The standard InChI is InChI=1S/C22H34Br2N2Si2/c1-5-13-27(14-6-2,19-9-11-21(23)25-17-19)28(15-7-3,16-8-4)20-10-12-22(24)26-18-20/h9-12,17-18H,5-8,13-16H2,1-4H3. The van der Waals surface area contributed by atoms with E-state index >= 15 is 0 Å². The topological polar surface area (TPSA) is 25.8 Å². The second kappa shape index (κ2) is 11.2. The molecule has 6 heteroatoms. The Morgan fingerprint density at radius 2 is 0.929 bits per heavy atom. The van der Waals surface area contributed by atoms with Crippen LogP contribution in [-0.2, 0) is 0 Å². The Bertz CT molecular complexity index is 645. The molecule has 0 bridgehead atoms. The van der Waals surface area contributed by atoms with Gasteiger partial charge in [0.15, 0.2) is 0 Å². The minimum atomic E-state index is -1.77. The van der Waals surface area contributed by atoms with Gasteiger partial charge in [-0.2, -0.15) is 0 Å². The first-order chi connectivity index (χ1) is 13.5. The summed E-state index contributed by atoms with van der Waals surface area (Å²) in [4.78, 5) is 9.40. The van der Waals surface area contributed by atoms with Crippen molar-refractivity contribution >= 4 is 57.4 Å². The average molecular weight is 543 g/mol. The highest BCUT2D eigenvalue weighted by Gasteiger charge is 2.54.